The van der Waals surface area contributed by atoms with Crippen LogP contribution in [0, 0.1) is 6.92 Å². The maximum atomic E-state index is 9.41. The third-order valence-electron chi connectivity index (χ3n) is 2.00. The monoisotopic (exact) mass is 201 g/mol. The number of halogens is 1. The number of hydrogen-bond acceptors (Lipinski definition) is 3. The summed E-state index contributed by atoms with van der Waals surface area (Å²) in [6.07, 6.45) is 0.400. The van der Waals surface area contributed by atoms with E-state index < -0.39 is 0 Å². The molecule has 0 aliphatic heterocycles. The van der Waals surface area contributed by atoms with E-state index in [0.29, 0.717) is 28.3 Å². The molecule has 0 aliphatic rings. The van der Waals surface area contributed by atoms with E-state index in [4.69, 9.17) is 22.4 Å². The molecule has 0 aliphatic carbocycles. The van der Waals surface area contributed by atoms with Gasteiger partial charge in [0.1, 0.15) is 5.75 Å². The van der Waals surface area contributed by atoms with Gasteiger partial charge in [-0.15, -0.1) is 0 Å². The molecule has 0 atom stereocenters. The lowest BCUT2D eigenvalue weighted by atomic mass is 10.1. The molecule has 1 aromatic carbocycles. The Kier molecular flexibility index (Phi) is 3.01. The van der Waals surface area contributed by atoms with Crippen molar-refractivity contribution in [2.45, 2.75) is 13.3 Å². The number of phenols is 1. The highest BCUT2D eigenvalue weighted by Gasteiger charge is 2.10. The number of hydrogen-bond donors (Lipinski definition) is 3. The summed E-state index contributed by atoms with van der Waals surface area (Å²) >= 11 is 5.90. The Morgan fingerprint density at radius 3 is 2.69 bits per heavy atom. The lowest BCUT2D eigenvalue weighted by molar-refractivity contribution is 0.299. The van der Waals surface area contributed by atoms with Crippen molar-refractivity contribution in [2.24, 2.45) is 0 Å². The molecule has 13 heavy (non-hydrogen) atoms. The summed E-state index contributed by atoms with van der Waals surface area (Å²) < 4.78 is 0. The van der Waals surface area contributed by atoms with Gasteiger partial charge < -0.3 is 15.9 Å². The van der Waals surface area contributed by atoms with Crippen LogP contribution in [0.1, 0.15) is 11.1 Å². The Hall–Kier alpha value is -0.930. The maximum absolute atomic E-state index is 9.41. The first kappa shape index (κ1) is 10.2. The molecular weight excluding hydrogens is 190 g/mol. The Bertz CT molecular complexity index is 326. The second-order valence-electron chi connectivity index (χ2n) is 2.88. The maximum Gasteiger partial charge on any atom is 0.120 e. The second-order valence-corrected chi connectivity index (χ2v) is 3.26. The van der Waals surface area contributed by atoms with Gasteiger partial charge in [-0.25, -0.2) is 0 Å². The molecule has 1 aromatic rings. The third kappa shape index (κ3) is 1.87. The minimum atomic E-state index is -0.0122. The summed E-state index contributed by atoms with van der Waals surface area (Å²) in [5, 5.41) is 18.5. The zero-order chi connectivity index (χ0) is 10.0. The van der Waals surface area contributed by atoms with Crippen LogP contribution in [-0.2, 0) is 6.42 Å². The molecule has 72 valence electrons. The predicted octanol–water partition coefficient (Wildman–Crippen LogP) is 1.47. The van der Waals surface area contributed by atoms with E-state index in [1.807, 2.05) is 0 Å². The standard InChI is InChI=1S/C9H12ClNO2/c1-5-7(13)4-6(2-3-12)8(10)9(5)11/h4,12-13H,2-3,11H2,1H3. The Labute approximate surface area is 81.8 Å². The first-order valence-electron chi connectivity index (χ1n) is 3.95. The summed E-state index contributed by atoms with van der Waals surface area (Å²) in [6.45, 7) is 1.68. The number of benzene rings is 1. The fourth-order valence-electron chi connectivity index (χ4n) is 1.11. The molecule has 0 fully saturated rings. The van der Waals surface area contributed by atoms with Crippen LogP contribution in [0.15, 0.2) is 6.07 Å². The summed E-state index contributed by atoms with van der Waals surface area (Å²) in [5.74, 6) is 0.116. The average Bonchev–Trinajstić information content (AvgIpc) is 2.11. The Morgan fingerprint density at radius 2 is 2.15 bits per heavy atom. The van der Waals surface area contributed by atoms with Crippen LogP contribution in [-0.4, -0.2) is 16.8 Å². The van der Waals surface area contributed by atoms with Crippen LogP contribution >= 0.6 is 11.6 Å². The predicted molar refractivity (Wildman–Crippen MR) is 53.1 cm³/mol. The van der Waals surface area contributed by atoms with Crippen LogP contribution in [0.3, 0.4) is 0 Å². The second kappa shape index (κ2) is 3.85. The highest BCUT2D eigenvalue weighted by Crippen LogP contribution is 2.33. The third-order valence-corrected chi connectivity index (χ3v) is 2.45. The van der Waals surface area contributed by atoms with Crippen LogP contribution < -0.4 is 5.73 Å². The highest BCUT2D eigenvalue weighted by atomic mass is 35.5. The zero-order valence-electron chi connectivity index (χ0n) is 7.34. The van der Waals surface area contributed by atoms with Gasteiger partial charge >= 0.3 is 0 Å². The quantitative estimate of drug-likeness (QED) is 0.635. The molecular formula is C9H12ClNO2. The number of nitrogen functional groups attached to an aromatic ring is 1. The molecule has 0 amide bonds. The number of rotatable bonds is 2. The van der Waals surface area contributed by atoms with Gasteiger partial charge in [-0.3, -0.25) is 0 Å². The Balaban J connectivity index is 3.24. The van der Waals surface area contributed by atoms with Crippen LogP contribution in [0.2, 0.25) is 5.02 Å². The van der Waals surface area contributed by atoms with E-state index in [1.54, 1.807) is 6.92 Å². The van der Waals surface area contributed by atoms with E-state index >= 15 is 0 Å². The van der Waals surface area contributed by atoms with Gasteiger partial charge in [0.2, 0.25) is 0 Å². The van der Waals surface area contributed by atoms with E-state index in [-0.39, 0.29) is 12.4 Å². The average molecular weight is 202 g/mol. The van der Waals surface area contributed by atoms with E-state index in [2.05, 4.69) is 0 Å². The molecule has 4 N–H and O–H groups in total. The molecule has 0 heterocycles. The molecule has 4 heteroatoms. The number of aliphatic hydroxyl groups excluding tert-OH is 1. The van der Waals surface area contributed by atoms with E-state index in [9.17, 15) is 5.11 Å². The van der Waals surface area contributed by atoms with Crippen LogP contribution in [0.25, 0.3) is 0 Å². The van der Waals surface area contributed by atoms with E-state index in [0.717, 1.165) is 0 Å². The minimum Gasteiger partial charge on any atom is -0.508 e. The molecule has 0 spiro atoms. The number of nitrogens with two attached hydrogens (primary N) is 1. The van der Waals surface area contributed by atoms with Crippen molar-refractivity contribution in [3.8, 4) is 5.75 Å². The largest absolute Gasteiger partial charge is 0.508 e. The smallest absolute Gasteiger partial charge is 0.120 e. The van der Waals surface area contributed by atoms with Crippen molar-refractivity contribution in [1.29, 1.82) is 0 Å². The van der Waals surface area contributed by atoms with Crippen molar-refractivity contribution in [3.63, 3.8) is 0 Å². The van der Waals surface area contributed by atoms with Crippen molar-refractivity contribution >= 4 is 17.3 Å². The molecule has 0 aromatic heterocycles. The minimum absolute atomic E-state index is 0.0122. The molecule has 3 nitrogen and oxygen atoms in total. The molecule has 0 radical (unpaired) electrons. The van der Waals surface area contributed by atoms with Gasteiger partial charge in [0, 0.05) is 12.2 Å². The highest BCUT2D eigenvalue weighted by molar-refractivity contribution is 6.34. The first-order chi connectivity index (χ1) is 6.07. The lowest BCUT2D eigenvalue weighted by Crippen LogP contribution is -1.98. The van der Waals surface area contributed by atoms with Gasteiger partial charge in [0.15, 0.2) is 0 Å². The van der Waals surface area contributed by atoms with Crippen LogP contribution in [0.5, 0.6) is 5.75 Å². The van der Waals surface area contributed by atoms with Crippen molar-refractivity contribution < 1.29 is 10.2 Å². The zero-order valence-corrected chi connectivity index (χ0v) is 8.10. The number of anilines is 1. The van der Waals surface area contributed by atoms with Crippen molar-refractivity contribution in [3.05, 3.63) is 22.2 Å². The number of aromatic hydroxyl groups is 1. The summed E-state index contributed by atoms with van der Waals surface area (Å²) in [4.78, 5) is 0. The van der Waals surface area contributed by atoms with Crippen molar-refractivity contribution in [1.82, 2.24) is 0 Å². The van der Waals surface area contributed by atoms with Gasteiger partial charge in [-0.2, -0.15) is 0 Å². The molecule has 0 saturated heterocycles. The molecule has 1 rings (SSSR count). The normalized spacial score (nSPS) is 10.4. The molecule has 0 bridgehead atoms. The summed E-state index contributed by atoms with van der Waals surface area (Å²) in [6, 6.07) is 1.53. The Morgan fingerprint density at radius 1 is 1.54 bits per heavy atom. The molecule has 0 saturated carbocycles. The lowest BCUT2D eigenvalue weighted by Gasteiger charge is -2.10. The topological polar surface area (TPSA) is 66.5 Å². The van der Waals surface area contributed by atoms with Crippen molar-refractivity contribution in [2.75, 3.05) is 12.3 Å². The number of phenolic OH excluding ortho intramolecular Hbond substituents is 1. The van der Waals surface area contributed by atoms with Gasteiger partial charge in [0.25, 0.3) is 0 Å². The van der Waals surface area contributed by atoms with Crippen LogP contribution in [0.4, 0.5) is 5.69 Å². The van der Waals surface area contributed by atoms with Gasteiger partial charge in [-0.05, 0) is 25.0 Å². The first-order valence-corrected chi connectivity index (χ1v) is 4.33. The van der Waals surface area contributed by atoms with Gasteiger partial charge in [0.05, 0.1) is 10.7 Å². The number of aliphatic hydroxyl groups is 1. The molecule has 0 unspecified atom stereocenters. The SMILES string of the molecule is Cc1c(O)cc(CCO)c(Cl)c1N. The van der Waals surface area contributed by atoms with E-state index in [1.165, 1.54) is 6.07 Å². The fourth-order valence-corrected chi connectivity index (χ4v) is 1.41. The summed E-state index contributed by atoms with van der Waals surface area (Å²) in [5.41, 5.74) is 7.27. The fraction of sp³-hybridized carbons (Fsp3) is 0.333. The van der Waals surface area contributed by atoms with Gasteiger partial charge in [-0.1, -0.05) is 11.6 Å². The summed E-state index contributed by atoms with van der Waals surface area (Å²) in [7, 11) is 0.